The molecule has 0 aliphatic carbocycles. The number of sulfonamides is 1. The average molecular weight is 298 g/mol. The Morgan fingerprint density at radius 2 is 1.90 bits per heavy atom. The Balaban J connectivity index is 2.28. The highest BCUT2D eigenvalue weighted by atomic mass is 32.2. The minimum absolute atomic E-state index is 0.0166. The molecular weight excluding hydrogens is 280 g/mol. The van der Waals surface area contributed by atoms with Gasteiger partial charge in [-0.1, -0.05) is 12.5 Å². The van der Waals surface area contributed by atoms with Crippen molar-refractivity contribution in [3.63, 3.8) is 0 Å². The van der Waals surface area contributed by atoms with Crippen LogP contribution in [0.4, 0.5) is 0 Å². The van der Waals surface area contributed by atoms with Crippen molar-refractivity contribution in [2.75, 3.05) is 13.1 Å². The molecule has 1 aliphatic heterocycles. The predicted octanol–water partition coefficient (Wildman–Crippen LogP) is 1.37. The first kappa shape index (κ1) is 15.0. The molecule has 0 bridgehead atoms. The molecule has 2 N–H and O–H groups in total. The summed E-state index contributed by atoms with van der Waals surface area (Å²) in [7, 11) is -3.73. The molecule has 1 aromatic rings. The molecule has 0 amide bonds. The molecule has 0 atom stereocenters. The molecule has 20 heavy (non-hydrogen) atoms. The van der Waals surface area contributed by atoms with Crippen LogP contribution in [-0.2, 0) is 10.0 Å². The smallest absolute Gasteiger partial charge is 0.335 e. The summed E-state index contributed by atoms with van der Waals surface area (Å²) < 4.78 is 24.7. The van der Waals surface area contributed by atoms with E-state index in [9.17, 15) is 13.2 Å². The Morgan fingerprint density at radius 1 is 1.25 bits per heavy atom. The van der Waals surface area contributed by atoms with Crippen molar-refractivity contribution in [1.82, 2.24) is 9.84 Å². The van der Waals surface area contributed by atoms with Gasteiger partial charge in [0, 0.05) is 13.1 Å². The van der Waals surface area contributed by atoms with Crippen LogP contribution >= 0.6 is 0 Å². The number of carbonyl (C=O) groups is 1. The first-order chi connectivity index (χ1) is 9.40. The van der Waals surface area contributed by atoms with Crippen LogP contribution in [-0.4, -0.2) is 37.6 Å². The summed E-state index contributed by atoms with van der Waals surface area (Å²) >= 11 is 0. The van der Waals surface area contributed by atoms with Crippen LogP contribution in [0.25, 0.3) is 0 Å². The zero-order chi connectivity index (χ0) is 14.8. The third-order valence-electron chi connectivity index (χ3n) is 3.33. The molecule has 0 unspecified atom stereocenters. The number of hydrazine groups is 1. The number of carboxylic acid groups (broad SMARTS) is 1. The van der Waals surface area contributed by atoms with E-state index in [2.05, 4.69) is 4.83 Å². The fourth-order valence-electron chi connectivity index (χ4n) is 2.23. The van der Waals surface area contributed by atoms with Gasteiger partial charge >= 0.3 is 5.97 Å². The van der Waals surface area contributed by atoms with Crippen molar-refractivity contribution < 1.29 is 18.3 Å². The van der Waals surface area contributed by atoms with Gasteiger partial charge in [0.15, 0.2) is 0 Å². The van der Waals surface area contributed by atoms with E-state index in [1.165, 1.54) is 18.2 Å². The molecular formula is C13H18N2O4S. The molecule has 1 aromatic carbocycles. The summed E-state index contributed by atoms with van der Waals surface area (Å²) in [5.41, 5.74) is 0.495. The Hall–Kier alpha value is -1.44. The highest BCUT2D eigenvalue weighted by Crippen LogP contribution is 2.18. The summed E-state index contributed by atoms with van der Waals surface area (Å²) in [4.78, 5) is 13.5. The summed E-state index contributed by atoms with van der Waals surface area (Å²) in [6, 6.07) is 4.11. The number of rotatable bonds is 4. The minimum Gasteiger partial charge on any atom is -0.478 e. The van der Waals surface area contributed by atoms with Gasteiger partial charge in [0.1, 0.15) is 0 Å². The zero-order valence-corrected chi connectivity index (χ0v) is 12.1. The topological polar surface area (TPSA) is 86.7 Å². The van der Waals surface area contributed by atoms with Crippen LogP contribution in [0, 0.1) is 6.92 Å². The van der Waals surface area contributed by atoms with Crippen LogP contribution < -0.4 is 4.83 Å². The normalized spacial score (nSPS) is 17.1. The van der Waals surface area contributed by atoms with E-state index in [1.807, 2.05) is 0 Å². The maximum absolute atomic E-state index is 12.4. The first-order valence-corrected chi connectivity index (χ1v) is 8.00. The van der Waals surface area contributed by atoms with E-state index in [-0.39, 0.29) is 10.5 Å². The molecule has 1 fully saturated rings. The van der Waals surface area contributed by atoms with E-state index in [4.69, 9.17) is 5.11 Å². The van der Waals surface area contributed by atoms with Crippen LogP contribution in [0.2, 0.25) is 0 Å². The number of piperidine rings is 1. The largest absolute Gasteiger partial charge is 0.478 e. The number of aromatic carboxylic acids is 1. The van der Waals surface area contributed by atoms with Gasteiger partial charge in [-0.3, -0.25) is 0 Å². The van der Waals surface area contributed by atoms with Gasteiger partial charge in [-0.2, -0.15) is 0 Å². The lowest BCUT2D eigenvalue weighted by atomic mass is 10.1. The van der Waals surface area contributed by atoms with Gasteiger partial charge in [-0.05, 0) is 37.5 Å². The van der Waals surface area contributed by atoms with Gasteiger partial charge < -0.3 is 5.11 Å². The molecule has 110 valence electrons. The second-order valence-corrected chi connectivity index (χ2v) is 6.56. The standard InChI is InChI=1S/C13H18N2O4S/c1-10-5-6-11(13(16)17)9-12(10)20(18,19)14-15-7-3-2-4-8-15/h5-6,9,14H,2-4,7-8H2,1H3,(H,16,17). The number of carboxylic acids is 1. The number of nitrogens with one attached hydrogen (secondary N) is 1. The quantitative estimate of drug-likeness (QED) is 0.876. The number of nitrogens with zero attached hydrogens (tertiary/aromatic N) is 1. The molecule has 0 spiro atoms. The molecule has 2 rings (SSSR count). The lowest BCUT2D eigenvalue weighted by Gasteiger charge is -2.26. The predicted molar refractivity (Wildman–Crippen MR) is 73.9 cm³/mol. The van der Waals surface area contributed by atoms with Crippen molar-refractivity contribution in [3.8, 4) is 0 Å². The lowest BCUT2D eigenvalue weighted by Crippen LogP contribution is -2.45. The van der Waals surface area contributed by atoms with E-state index >= 15 is 0 Å². The lowest BCUT2D eigenvalue weighted by molar-refractivity contribution is 0.0696. The van der Waals surface area contributed by atoms with Gasteiger partial charge in [0.25, 0.3) is 10.0 Å². The molecule has 0 radical (unpaired) electrons. The van der Waals surface area contributed by atoms with E-state index in [0.29, 0.717) is 18.7 Å². The highest BCUT2D eigenvalue weighted by molar-refractivity contribution is 7.89. The van der Waals surface area contributed by atoms with Gasteiger partial charge in [-0.15, -0.1) is 4.83 Å². The van der Waals surface area contributed by atoms with Crippen molar-refractivity contribution in [1.29, 1.82) is 0 Å². The van der Waals surface area contributed by atoms with Crippen LogP contribution in [0.15, 0.2) is 23.1 Å². The van der Waals surface area contributed by atoms with Crippen molar-refractivity contribution in [2.45, 2.75) is 31.1 Å². The molecule has 1 aliphatic rings. The average Bonchev–Trinajstić information content (AvgIpc) is 2.39. The maximum Gasteiger partial charge on any atom is 0.335 e. The summed E-state index contributed by atoms with van der Waals surface area (Å²) in [6.07, 6.45) is 3.01. The van der Waals surface area contributed by atoms with Gasteiger partial charge in [-0.25, -0.2) is 18.2 Å². The highest BCUT2D eigenvalue weighted by Gasteiger charge is 2.22. The van der Waals surface area contributed by atoms with E-state index < -0.39 is 16.0 Å². The molecule has 0 saturated carbocycles. The minimum atomic E-state index is -3.73. The Morgan fingerprint density at radius 3 is 2.50 bits per heavy atom. The Kier molecular flexibility index (Phi) is 4.42. The van der Waals surface area contributed by atoms with Crippen molar-refractivity contribution in [3.05, 3.63) is 29.3 Å². The maximum atomic E-state index is 12.4. The zero-order valence-electron chi connectivity index (χ0n) is 11.3. The molecule has 0 aromatic heterocycles. The molecule has 1 saturated heterocycles. The second kappa shape index (κ2) is 5.90. The monoisotopic (exact) mass is 298 g/mol. The van der Waals surface area contributed by atoms with Gasteiger partial charge in [0.05, 0.1) is 10.5 Å². The molecule has 7 heteroatoms. The van der Waals surface area contributed by atoms with E-state index in [1.54, 1.807) is 11.9 Å². The number of hydrogen-bond donors (Lipinski definition) is 2. The SMILES string of the molecule is Cc1ccc(C(=O)O)cc1S(=O)(=O)NN1CCCCC1. The summed E-state index contributed by atoms with van der Waals surface area (Å²) in [5, 5.41) is 10.6. The number of benzene rings is 1. The fourth-order valence-corrected chi connectivity index (χ4v) is 3.62. The van der Waals surface area contributed by atoms with Crippen LogP contribution in [0.3, 0.4) is 0 Å². The van der Waals surface area contributed by atoms with Crippen molar-refractivity contribution in [2.24, 2.45) is 0 Å². The van der Waals surface area contributed by atoms with Gasteiger partial charge in [0.2, 0.25) is 0 Å². The third kappa shape index (κ3) is 3.36. The Bertz CT molecular complexity index is 607. The molecule has 6 nitrogen and oxygen atoms in total. The van der Waals surface area contributed by atoms with Crippen LogP contribution in [0.1, 0.15) is 35.2 Å². The third-order valence-corrected chi connectivity index (χ3v) is 4.85. The fraction of sp³-hybridized carbons (Fsp3) is 0.462. The summed E-state index contributed by atoms with van der Waals surface area (Å²) in [5.74, 6) is -1.14. The van der Waals surface area contributed by atoms with Crippen molar-refractivity contribution >= 4 is 16.0 Å². The number of hydrogen-bond acceptors (Lipinski definition) is 4. The Labute approximate surface area is 118 Å². The number of aryl methyl sites for hydroxylation is 1. The second-order valence-electron chi connectivity index (χ2n) is 4.93. The first-order valence-electron chi connectivity index (χ1n) is 6.51. The summed E-state index contributed by atoms with van der Waals surface area (Å²) in [6.45, 7) is 3.00. The molecule has 1 heterocycles. The van der Waals surface area contributed by atoms with E-state index in [0.717, 1.165) is 19.3 Å². The van der Waals surface area contributed by atoms with Crippen LogP contribution in [0.5, 0.6) is 0 Å².